The number of hydrogen-bond acceptors (Lipinski definition) is 3. The standard InChI is InChI=1S/C28H27Cl3N4O2/c29-20-8-5-17(6-9-20)19-15-35(16-19)24-12-10-22(30)25(26(24)31)27(36)32-13-14-33-28(37)34-23-11-7-18-3-1-2-4-21(18)23/h1-6,8-10,12,19,23H,7,11,13-16H2,(H,32,36)(H2,33,34,37)/t23-/m1/s1. The summed E-state index contributed by atoms with van der Waals surface area (Å²) in [7, 11) is 0. The van der Waals surface area contributed by atoms with Crippen LogP contribution in [0.2, 0.25) is 15.1 Å². The Morgan fingerprint density at radius 2 is 1.62 bits per heavy atom. The van der Waals surface area contributed by atoms with Crippen LogP contribution in [0.15, 0.2) is 60.7 Å². The Morgan fingerprint density at radius 1 is 0.892 bits per heavy atom. The van der Waals surface area contributed by atoms with E-state index in [1.807, 2.05) is 48.5 Å². The Kier molecular flexibility index (Phi) is 7.79. The minimum Gasteiger partial charge on any atom is -0.369 e. The minimum atomic E-state index is -0.376. The molecule has 6 nitrogen and oxygen atoms in total. The fourth-order valence-corrected chi connectivity index (χ4v) is 5.76. The summed E-state index contributed by atoms with van der Waals surface area (Å²) in [5, 5.41) is 9.94. The van der Waals surface area contributed by atoms with E-state index in [1.54, 1.807) is 6.07 Å². The molecule has 3 aromatic rings. The highest BCUT2D eigenvalue weighted by atomic mass is 35.5. The number of fused-ring (bicyclic) bond motifs is 1. The van der Waals surface area contributed by atoms with Crippen LogP contribution in [0.4, 0.5) is 10.5 Å². The van der Waals surface area contributed by atoms with E-state index in [2.05, 4.69) is 26.9 Å². The van der Waals surface area contributed by atoms with E-state index in [-0.39, 0.29) is 41.7 Å². The van der Waals surface area contributed by atoms with Crippen molar-refractivity contribution in [1.29, 1.82) is 0 Å². The Hall–Kier alpha value is -2.93. The first-order chi connectivity index (χ1) is 17.9. The topological polar surface area (TPSA) is 73.5 Å². The van der Waals surface area contributed by atoms with Crippen molar-refractivity contribution in [1.82, 2.24) is 16.0 Å². The first kappa shape index (κ1) is 25.7. The van der Waals surface area contributed by atoms with Gasteiger partial charge in [-0.2, -0.15) is 0 Å². The second-order valence-corrected chi connectivity index (χ2v) is 10.6. The molecule has 3 N–H and O–H groups in total. The van der Waals surface area contributed by atoms with Crippen LogP contribution in [0.1, 0.15) is 45.4 Å². The molecule has 0 unspecified atom stereocenters. The van der Waals surface area contributed by atoms with Gasteiger partial charge in [0.15, 0.2) is 0 Å². The molecular formula is C28H27Cl3N4O2. The molecule has 3 aromatic carbocycles. The number of carbonyl (C=O) groups excluding carboxylic acids is 2. The van der Waals surface area contributed by atoms with Crippen LogP contribution >= 0.6 is 34.8 Å². The maximum absolute atomic E-state index is 12.9. The molecule has 2 aliphatic rings. The smallest absolute Gasteiger partial charge is 0.315 e. The normalized spacial score (nSPS) is 16.6. The number of benzene rings is 3. The maximum atomic E-state index is 12.9. The van der Waals surface area contributed by atoms with E-state index in [0.717, 1.165) is 37.2 Å². The largest absolute Gasteiger partial charge is 0.369 e. The molecule has 1 fully saturated rings. The van der Waals surface area contributed by atoms with Crippen molar-refractivity contribution in [2.24, 2.45) is 0 Å². The minimum absolute atomic E-state index is 0.00643. The molecule has 3 amide bonds. The second-order valence-electron chi connectivity index (χ2n) is 9.36. The third-order valence-electron chi connectivity index (χ3n) is 7.00. The molecule has 0 saturated carbocycles. The molecule has 0 spiro atoms. The van der Waals surface area contributed by atoms with Gasteiger partial charge in [0.2, 0.25) is 0 Å². The third-order valence-corrected chi connectivity index (χ3v) is 7.95. The van der Waals surface area contributed by atoms with Gasteiger partial charge in [0.05, 0.1) is 27.3 Å². The molecular weight excluding hydrogens is 531 g/mol. The van der Waals surface area contributed by atoms with Crippen LogP contribution in [-0.2, 0) is 6.42 Å². The summed E-state index contributed by atoms with van der Waals surface area (Å²) in [6, 6.07) is 19.3. The van der Waals surface area contributed by atoms with Crippen LogP contribution < -0.4 is 20.9 Å². The molecule has 1 heterocycles. The third kappa shape index (κ3) is 5.66. The average Bonchev–Trinajstić information content (AvgIpc) is 3.26. The molecule has 37 heavy (non-hydrogen) atoms. The number of hydrogen-bond donors (Lipinski definition) is 3. The average molecular weight is 558 g/mol. The lowest BCUT2D eigenvalue weighted by Crippen LogP contribution is -2.45. The SMILES string of the molecule is O=C(NCCNC(=O)c1c(Cl)ccc(N2CC(c3ccc(Cl)cc3)C2)c1Cl)N[C@@H]1CCc2ccccc21. The first-order valence-electron chi connectivity index (χ1n) is 12.3. The molecule has 9 heteroatoms. The molecule has 0 radical (unpaired) electrons. The number of nitrogens with zero attached hydrogens (tertiary/aromatic N) is 1. The highest BCUT2D eigenvalue weighted by Crippen LogP contribution is 2.39. The zero-order valence-electron chi connectivity index (χ0n) is 20.1. The number of anilines is 1. The van der Waals surface area contributed by atoms with Gasteiger partial charge in [-0.3, -0.25) is 4.79 Å². The molecule has 1 aliphatic heterocycles. The van der Waals surface area contributed by atoms with E-state index in [9.17, 15) is 9.59 Å². The quantitative estimate of drug-likeness (QED) is 0.314. The van der Waals surface area contributed by atoms with Gasteiger partial charge in [-0.25, -0.2) is 4.79 Å². The lowest BCUT2D eigenvalue weighted by atomic mass is 9.91. The fraction of sp³-hybridized carbons (Fsp3) is 0.286. The number of halogens is 3. The number of carbonyl (C=O) groups is 2. The van der Waals surface area contributed by atoms with E-state index in [4.69, 9.17) is 34.8 Å². The van der Waals surface area contributed by atoms with Crippen molar-refractivity contribution >= 4 is 52.4 Å². The molecule has 1 atom stereocenters. The van der Waals surface area contributed by atoms with Crippen molar-refractivity contribution in [3.05, 3.63) is 98.0 Å². The number of amides is 3. The van der Waals surface area contributed by atoms with Gasteiger partial charge in [0, 0.05) is 37.1 Å². The first-order valence-corrected chi connectivity index (χ1v) is 13.4. The highest BCUT2D eigenvalue weighted by molar-refractivity contribution is 6.41. The van der Waals surface area contributed by atoms with Gasteiger partial charge in [-0.15, -0.1) is 0 Å². The zero-order valence-corrected chi connectivity index (χ0v) is 22.3. The van der Waals surface area contributed by atoms with Gasteiger partial charge >= 0.3 is 6.03 Å². The van der Waals surface area contributed by atoms with E-state index in [0.29, 0.717) is 16.0 Å². The van der Waals surface area contributed by atoms with Crippen LogP contribution in [0.5, 0.6) is 0 Å². The van der Waals surface area contributed by atoms with Crippen molar-refractivity contribution in [2.75, 3.05) is 31.1 Å². The molecule has 0 bridgehead atoms. The van der Waals surface area contributed by atoms with Crippen molar-refractivity contribution in [3.63, 3.8) is 0 Å². The lowest BCUT2D eigenvalue weighted by Gasteiger charge is -2.42. The van der Waals surface area contributed by atoms with Gasteiger partial charge < -0.3 is 20.9 Å². The lowest BCUT2D eigenvalue weighted by molar-refractivity contribution is 0.0954. The van der Waals surface area contributed by atoms with Gasteiger partial charge in [-0.1, -0.05) is 71.2 Å². The van der Waals surface area contributed by atoms with E-state index >= 15 is 0 Å². The number of rotatable bonds is 7. The summed E-state index contributed by atoms with van der Waals surface area (Å²) in [6.45, 7) is 2.09. The molecule has 1 saturated heterocycles. The van der Waals surface area contributed by atoms with Crippen LogP contribution in [0.3, 0.4) is 0 Å². The Morgan fingerprint density at radius 3 is 2.41 bits per heavy atom. The maximum Gasteiger partial charge on any atom is 0.315 e. The Bertz CT molecular complexity index is 1310. The predicted octanol–water partition coefficient (Wildman–Crippen LogP) is 5.97. The highest BCUT2D eigenvalue weighted by Gasteiger charge is 2.31. The molecule has 5 rings (SSSR count). The Balaban J connectivity index is 1.12. The number of nitrogens with one attached hydrogen (secondary N) is 3. The summed E-state index contributed by atoms with van der Waals surface area (Å²) >= 11 is 19.0. The molecule has 1 aliphatic carbocycles. The predicted molar refractivity (Wildman–Crippen MR) is 149 cm³/mol. The summed E-state index contributed by atoms with van der Waals surface area (Å²) in [5.41, 5.74) is 4.67. The van der Waals surface area contributed by atoms with Gasteiger partial charge in [-0.05, 0) is 53.8 Å². The van der Waals surface area contributed by atoms with Crippen molar-refractivity contribution < 1.29 is 9.59 Å². The molecule has 0 aromatic heterocycles. The van der Waals surface area contributed by atoms with Crippen LogP contribution in [0, 0.1) is 0 Å². The zero-order chi connectivity index (χ0) is 25.9. The number of urea groups is 1. The molecule has 192 valence electrons. The summed E-state index contributed by atoms with van der Waals surface area (Å²) in [6.07, 6.45) is 1.84. The Labute approximate surface area is 231 Å². The fourth-order valence-electron chi connectivity index (χ4n) is 4.97. The van der Waals surface area contributed by atoms with Gasteiger partial charge in [0.25, 0.3) is 5.91 Å². The van der Waals surface area contributed by atoms with Crippen LogP contribution in [-0.4, -0.2) is 38.1 Å². The van der Waals surface area contributed by atoms with Crippen molar-refractivity contribution in [2.45, 2.75) is 24.8 Å². The van der Waals surface area contributed by atoms with Gasteiger partial charge in [0.1, 0.15) is 0 Å². The summed E-state index contributed by atoms with van der Waals surface area (Å²) in [4.78, 5) is 27.4. The second kappa shape index (κ2) is 11.2. The van der Waals surface area contributed by atoms with Crippen LogP contribution in [0.25, 0.3) is 0 Å². The van der Waals surface area contributed by atoms with Crippen molar-refractivity contribution in [3.8, 4) is 0 Å². The van der Waals surface area contributed by atoms with E-state index in [1.165, 1.54) is 11.1 Å². The summed E-state index contributed by atoms with van der Waals surface area (Å²) < 4.78 is 0. The number of aryl methyl sites for hydroxylation is 1. The van der Waals surface area contributed by atoms with E-state index < -0.39 is 0 Å². The summed E-state index contributed by atoms with van der Waals surface area (Å²) in [5.74, 6) is -0.00484. The monoisotopic (exact) mass is 556 g/mol.